The van der Waals surface area contributed by atoms with E-state index in [4.69, 9.17) is 27.9 Å². The monoisotopic (exact) mass is 670 g/mol. The van der Waals surface area contributed by atoms with Crippen LogP contribution in [-0.2, 0) is 20.8 Å². The van der Waals surface area contributed by atoms with Gasteiger partial charge in [0.25, 0.3) is 5.91 Å². The van der Waals surface area contributed by atoms with Gasteiger partial charge in [-0.2, -0.15) is 0 Å². The van der Waals surface area contributed by atoms with Crippen molar-refractivity contribution in [3.63, 3.8) is 0 Å². The molecule has 0 bridgehead atoms. The molecule has 2 aliphatic carbocycles. The van der Waals surface area contributed by atoms with Gasteiger partial charge in [0.05, 0.1) is 5.02 Å². The molecule has 0 radical (unpaired) electrons. The van der Waals surface area contributed by atoms with Crippen LogP contribution in [0.15, 0.2) is 95.3 Å². The normalized spacial score (nSPS) is 19.0. The van der Waals surface area contributed by atoms with Gasteiger partial charge in [-0.3, -0.25) is 14.4 Å². The zero-order chi connectivity index (χ0) is 33.5. The predicted molar refractivity (Wildman–Crippen MR) is 187 cm³/mol. The molecule has 8 heteroatoms. The highest BCUT2D eigenvalue weighted by atomic mass is 35.5. The lowest BCUT2D eigenvalue weighted by molar-refractivity contribution is -0.120. The maximum absolute atomic E-state index is 14.1. The van der Waals surface area contributed by atoms with Crippen molar-refractivity contribution in [2.45, 2.75) is 65.7 Å². The van der Waals surface area contributed by atoms with Crippen molar-refractivity contribution in [2.24, 2.45) is 10.8 Å². The molecule has 1 amide bonds. The molecule has 6 rings (SSSR count). The van der Waals surface area contributed by atoms with Gasteiger partial charge in [0.1, 0.15) is 5.75 Å². The summed E-state index contributed by atoms with van der Waals surface area (Å²) < 4.78 is 5.80. The average Bonchev–Trinajstić information content (AvgIpc) is 2.99. The van der Waals surface area contributed by atoms with Gasteiger partial charge in [0.15, 0.2) is 18.2 Å². The smallest absolute Gasteiger partial charge is 0.262 e. The Labute approximate surface area is 286 Å². The molecule has 0 atom stereocenters. The lowest BCUT2D eigenvalue weighted by Gasteiger charge is -2.49. The number of hydrogen-bond acceptors (Lipinski definition) is 5. The van der Waals surface area contributed by atoms with Crippen LogP contribution < -0.4 is 10.1 Å². The Morgan fingerprint density at radius 1 is 0.830 bits per heavy atom. The molecule has 3 aromatic rings. The number of ketones is 2. The average molecular weight is 672 g/mol. The minimum Gasteiger partial charge on any atom is -0.482 e. The van der Waals surface area contributed by atoms with Gasteiger partial charge >= 0.3 is 0 Å². The Hall–Kier alpha value is -3.87. The number of allylic oxidation sites excluding steroid dienone is 4. The molecule has 3 aliphatic rings. The minimum absolute atomic E-state index is 0.0745. The van der Waals surface area contributed by atoms with Crippen LogP contribution in [-0.4, -0.2) is 35.5 Å². The molecule has 1 N–H and O–H groups in total. The summed E-state index contributed by atoms with van der Waals surface area (Å²) >= 11 is 12.7. The van der Waals surface area contributed by atoms with E-state index in [1.807, 2.05) is 24.3 Å². The SMILES string of the molecule is CC1(C)CC(=O)C2=C(C1)N(CCc1ccccc1)C1=C(C(=O)CC(C)(C)C1)C2c1ccc(OCC(=O)Nc2ccc(Cl)cc2)c(Cl)c1. The van der Waals surface area contributed by atoms with E-state index in [9.17, 15) is 14.4 Å². The Morgan fingerprint density at radius 3 is 2.00 bits per heavy atom. The van der Waals surface area contributed by atoms with Gasteiger partial charge in [0, 0.05) is 58.6 Å². The van der Waals surface area contributed by atoms with Crippen LogP contribution in [0, 0.1) is 10.8 Å². The summed E-state index contributed by atoms with van der Waals surface area (Å²) in [7, 11) is 0. The summed E-state index contributed by atoms with van der Waals surface area (Å²) in [6.07, 6.45) is 3.10. The van der Waals surface area contributed by atoms with Crippen LogP contribution in [0.2, 0.25) is 10.0 Å². The fraction of sp³-hybridized carbons (Fsp3) is 0.359. The van der Waals surface area contributed by atoms with E-state index in [0.717, 1.165) is 36.2 Å². The molecule has 244 valence electrons. The number of nitrogens with zero attached hydrogens (tertiary/aromatic N) is 1. The number of benzene rings is 3. The first kappa shape index (κ1) is 33.0. The summed E-state index contributed by atoms with van der Waals surface area (Å²) in [6, 6.07) is 22.5. The molecule has 0 spiro atoms. The van der Waals surface area contributed by atoms with E-state index in [0.29, 0.717) is 52.0 Å². The molecule has 0 unspecified atom stereocenters. The van der Waals surface area contributed by atoms with E-state index in [-0.39, 0.29) is 34.9 Å². The Bertz CT molecular complexity index is 1740. The van der Waals surface area contributed by atoms with Crippen molar-refractivity contribution in [3.8, 4) is 5.75 Å². The molecule has 47 heavy (non-hydrogen) atoms. The highest BCUT2D eigenvalue weighted by molar-refractivity contribution is 6.32. The lowest BCUT2D eigenvalue weighted by Crippen LogP contribution is -2.45. The van der Waals surface area contributed by atoms with Crippen molar-refractivity contribution in [2.75, 3.05) is 18.5 Å². The minimum atomic E-state index is -0.514. The van der Waals surface area contributed by atoms with Crippen LogP contribution in [0.1, 0.15) is 70.4 Å². The third-order valence-electron chi connectivity index (χ3n) is 9.26. The fourth-order valence-electron chi connectivity index (χ4n) is 7.22. The van der Waals surface area contributed by atoms with E-state index < -0.39 is 5.92 Å². The number of halogens is 2. The molecular weight excluding hydrogens is 631 g/mol. The maximum Gasteiger partial charge on any atom is 0.262 e. The summed E-state index contributed by atoms with van der Waals surface area (Å²) in [4.78, 5) is 43.1. The number of Topliss-reactive ketones (excluding diaryl/α,β-unsaturated/α-hetero) is 2. The molecule has 6 nitrogen and oxygen atoms in total. The summed E-state index contributed by atoms with van der Waals surface area (Å²) in [5, 5.41) is 3.66. The van der Waals surface area contributed by atoms with Crippen molar-refractivity contribution in [1.29, 1.82) is 0 Å². The predicted octanol–water partition coefficient (Wildman–Crippen LogP) is 8.94. The van der Waals surface area contributed by atoms with Crippen LogP contribution in [0.4, 0.5) is 5.69 Å². The summed E-state index contributed by atoms with van der Waals surface area (Å²) in [5.74, 6) is -0.362. The molecule has 0 saturated heterocycles. The van der Waals surface area contributed by atoms with Crippen molar-refractivity contribution in [1.82, 2.24) is 4.90 Å². The summed E-state index contributed by atoms with van der Waals surface area (Å²) in [5.41, 5.74) is 5.63. The second-order valence-electron chi connectivity index (χ2n) is 14.5. The van der Waals surface area contributed by atoms with Gasteiger partial charge in [-0.15, -0.1) is 0 Å². The first-order valence-electron chi connectivity index (χ1n) is 16.1. The molecule has 1 aliphatic heterocycles. The van der Waals surface area contributed by atoms with E-state index in [1.165, 1.54) is 5.56 Å². The van der Waals surface area contributed by atoms with Gasteiger partial charge in [0.2, 0.25) is 0 Å². The highest BCUT2D eigenvalue weighted by Gasteiger charge is 2.49. The quantitative estimate of drug-likeness (QED) is 0.259. The first-order valence-corrected chi connectivity index (χ1v) is 16.9. The molecule has 0 fully saturated rings. The number of rotatable bonds is 8. The number of ether oxygens (including phenoxy) is 1. The Kier molecular flexibility index (Phi) is 9.12. The second-order valence-corrected chi connectivity index (χ2v) is 15.3. The number of amides is 1. The van der Waals surface area contributed by atoms with Gasteiger partial charge < -0.3 is 15.0 Å². The van der Waals surface area contributed by atoms with Crippen LogP contribution in [0.5, 0.6) is 5.75 Å². The fourth-order valence-corrected chi connectivity index (χ4v) is 7.59. The molecular formula is C39H40Cl2N2O4. The molecule has 1 heterocycles. The van der Waals surface area contributed by atoms with Crippen molar-refractivity contribution in [3.05, 3.63) is 117 Å². The number of carbonyl (C=O) groups is 3. The van der Waals surface area contributed by atoms with Crippen molar-refractivity contribution < 1.29 is 19.1 Å². The molecule has 0 saturated carbocycles. The van der Waals surface area contributed by atoms with Gasteiger partial charge in [-0.25, -0.2) is 0 Å². The van der Waals surface area contributed by atoms with E-state index in [1.54, 1.807) is 36.4 Å². The van der Waals surface area contributed by atoms with Crippen molar-refractivity contribution >= 4 is 46.4 Å². The van der Waals surface area contributed by atoms with E-state index in [2.05, 4.69) is 50.0 Å². The standard InChI is InChI=1S/C39H40Cl2N2O4/c1-38(2)19-29-36(31(44)21-38)35(25-10-15-33(28(41)18-25)47-23-34(46)42-27-13-11-26(40)12-14-27)37-30(20-39(3,4)22-32(37)45)43(29)17-16-24-8-6-5-7-9-24/h5-15,18,35H,16-17,19-23H2,1-4H3,(H,42,46). The second kappa shape index (κ2) is 13.0. The molecule has 0 aromatic heterocycles. The summed E-state index contributed by atoms with van der Waals surface area (Å²) in [6.45, 7) is 9.02. The number of carbonyl (C=O) groups excluding carboxylic acids is 3. The van der Waals surface area contributed by atoms with E-state index >= 15 is 0 Å². The zero-order valence-electron chi connectivity index (χ0n) is 27.3. The van der Waals surface area contributed by atoms with Gasteiger partial charge in [-0.05, 0) is 77.6 Å². The highest BCUT2D eigenvalue weighted by Crippen LogP contribution is 2.54. The Morgan fingerprint density at radius 2 is 1.43 bits per heavy atom. The largest absolute Gasteiger partial charge is 0.482 e. The first-order chi connectivity index (χ1) is 22.3. The lowest BCUT2D eigenvalue weighted by atomic mass is 9.63. The Balaban J connectivity index is 1.35. The topological polar surface area (TPSA) is 75.7 Å². The van der Waals surface area contributed by atoms with Crippen LogP contribution >= 0.6 is 23.2 Å². The number of anilines is 1. The number of nitrogens with one attached hydrogen (secondary N) is 1. The zero-order valence-corrected chi connectivity index (χ0v) is 28.8. The maximum atomic E-state index is 14.1. The molecule has 3 aromatic carbocycles. The third-order valence-corrected chi connectivity index (χ3v) is 9.81. The van der Waals surface area contributed by atoms with Gasteiger partial charge in [-0.1, -0.05) is 87.3 Å². The third kappa shape index (κ3) is 7.19. The number of hydrogen-bond donors (Lipinski definition) is 1. The van der Waals surface area contributed by atoms with Crippen LogP contribution in [0.3, 0.4) is 0 Å². The van der Waals surface area contributed by atoms with Crippen LogP contribution in [0.25, 0.3) is 0 Å².